The molecule has 2 aromatic carbocycles. The number of sulfone groups is 1. The fourth-order valence-electron chi connectivity index (χ4n) is 4.06. The molecule has 2 aliphatic carbocycles. The SMILES string of the molecule is N#CC1(NC(=O)[C@H]2CC(S(=O)(=O)c3ccc(Cl)cc3Cl)C[C@@H]2OCc2ccc(Cl)cc2)CC1. The lowest BCUT2D eigenvalue weighted by Crippen LogP contribution is -2.42. The minimum Gasteiger partial charge on any atom is -0.373 e. The highest BCUT2D eigenvalue weighted by molar-refractivity contribution is 7.92. The molecule has 2 aromatic rings. The summed E-state index contributed by atoms with van der Waals surface area (Å²) in [6.45, 7) is 0.198. The normalized spacial score (nSPS) is 23.6. The van der Waals surface area contributed by atoms with Crippen molar-refractivity contribution in [2.24, 2.45) is 5.92 Å². The number of halogens is 3. The van der Waals surface area contributed by atoms with Gasteiger partial charge in [0.05, 0.1) is 39.9 Å². The van der Waals surface area contributed by atoms with Crippen LogP contribution in [0.3, 0.4) is 0 Å². The molecule has 0 radical (unpaired) electrons. The van der Waals surface area contributed by atoms with Gasteiger partial charge in [0.25, 0.3) is 0 Å². The molecule has 0 saturated heterocycles. The Bertz CT molecular complexity index is 1210. The third kappa shape index (κ3) is 5.31. The molecule has 174 valence electrons. The van der Waals surface area contributed by atoms with E-state index in [1.165, 1.54) is 18.2 Å². The van der Waals surface area contributed by atoms with Gasteiger partial charge in [-0.2, -0.15) is 5.26 Å². The van der Waals surface area contributed by atoms with Gasteiger partial charge in [-0.25, -0.2) is 8.42 Å². The van der Waals surface area contributed by atoms with E-state index in [9.17, 15) is 18.5 Å². The van der Waals surface area contributed by atoms with E-state index in [1.807, 2.05) is 12.1 Å². The van der Waals surface area contributed by atoms with Crippen LogP contribution in [0.25, 0.3) is 0 Å². The Hall–Kier alpha value is -1.82. The summed E-state index contributed by atoms with van der Waals surface area (Å²) in [6.07, 6.45) is 0.730. The summed E-state index contributed by atoms with van der Waals surface area (Å²) in [5.41, 5.74) is -0.00449. The van der Waals surface area contributed by atoms with Crippen LogP contribution in [0.2, 0.25) is 15.1 Å². The maximum atomic E-state index is 13.4. The molecule has 0 spiro atoms. The molecule has 6 nitrogen and oxygen atoms in total. The standard InChI is InChI=1S/C23H21Cl3N2O4S/c24-15-3-1-14(2-4-15)12-32-20-11-17(10-18(20)22(29)28-23(13-27)7-8-23)33(30,31)21-6-5-16(25)9-19(21)26/h1-6,9,17-18,20H,7-8,10-12H2,(H,28,29)/t17?,18-,20-/m0/s1. The smallest absolute Gasteiger partial charge is 0.227 e. The monoisotopic (exact) mass is 526 g/mol. The molecule has 1 amide bonds. The summed E-state index contributed by atoms with van der Waals surface area (Å²) in [7, 11) is -3.84. The first-order valence-corrected chi connectivity index (χ1v) is 13.1. The van der Waals surface area contributed by atoms with Crippen molar-refractivity contribution in [3.8, 4) is 6.07 Å². The Balaban J connectivity index is 1.56. The van der Waals surface area contributed by atoms with Gasteiger partial charge in [0.15, 0.2) is 9.84 Å². The van der Waals surface area contributed by atoms with Gasteiger partial charge in [-0.1, -0.05) is 46.9 Å². The van der Waals surface area contributed by atoms with Crippen molar-refractivity contribution in [3.05, 3.63) is 63.1 Å². The summed E-state index contributed by atoms with van der Waals surface area (Å²) in [6, 6.07) is 13.5. The summed E-state index contributed by atoms with van der Waals surface area (Å²) >= 11 is 18.0. The van der Waals surface area contributed by atoms with E-state index in [4.69, 9.17) is 39.5 Å². The van der Waals surface area contributed by atoms with Gasteiger partial charge < -0.3 is 10.1 Å². The molecule has 4 rings (SSSR count). The van der Waals surface area contributed by atoms with Crippen LogP contribution < -0.4 is 5.32 Å². The largest absolute Gasteiger partial charge is 0.373 e. The first-order valence-electron chi connectivity index (χ1n) is 10.4. The highest BCUT2D eigenvalue weighted by Gasteiger charge is 2.50. The first-order chi connectivity index (χ1) is 15.6. The number of amides is 1. The molecule has 1 N–H and O–H groups in total. The van der Waals surface area contributed by atoms with Crippen LogP contribution in [-0.2, 0) is 26.0 Å². The molecule has 2 aliphatic rings. The van der Waals surface area contributed by atoms with Crippen LogP contribution in [0.4, 0.5) is 0 Å². The van der Waals surface area contributed by atoms with Crippen molar-refractivity contribution in [3.63, 3.8) is 0 Å². The van der Waals surface area contributed by atoms with E-state index in [0.717, 1.165) is 5.56 Å². The number of hydrogen-bond acceptors (Lipinski definition) is 5. The molecule has 0 aliphatic heterocycles. The average molecular weight is 528 g/mol. The van der Waals surface area contributed by atoms with E-state index in [2.05, 4.69) is 11.4 Å². The molecule has 0 bridgehead atoms. The number of ether oxygens (including phenoxy) is 1. The number of nitrogens with one attached hydrogen (secondary N) is 1. The summed E-state index contributed by atoms with van der Waals surface area (Å²) in [4.78, 5) is 13.0. The average Bonchev–Trinajstić information content (AvgIpc) is 3.40. The molecule has 33 heavy (non-hydrogen) atoms. The predicted octanol–water partition coefficient (Wildman–Crippen LogP) is 4.96. The summed E-state index contributed by atoms with van der Waals surface area (Å²) < 4.78 is 32.8. The second kappa shape index (κ2) is 9.44. The molecule has 0 heterocycles. The van der Waals surface area contributed by atoms with E-state index in [-0.39, 0.29) is 35.3 Å². The fraction of sp³-hybridized carbons (Fsp3) is 0.391. The number of benzene rings is 2. The maximum absolute atomic E-state index is 13.4. The van der Waals surface area contributed by atoms with Crippen LogP contribution in [0.5, 0.6) is 0 Å². The first kappa shape index (κ1) is 24.3. The van der Waals surface area contributed by atoms with Crippen LogP contribution in [-0.4, -0.2) is 31.2 Å². The highest BCUT2D eigenvalue weighted by Crippen LogP contribution is 2.40. The zero-order chi connectivity index (χ0) is 23.8. The van der Waals surface area contributed by atoms with Crippen molar-refractivity contribution in [1.82, 2.24) is 5.32 Å². The quantitative estimate of drug-likeness (QED) is 0.549. The zero-order valence-electron chi connectivity index (χ0n) is 17.4. The predicted molar refractivity (Wildman–Crippen MR) is 126 cm³/mol. The topological polar surface area (TPSA) is 96.3 Å². The Morgan fingerprint density at radius 2 is 1.76 bits per heavy atom. The van der Waals surface area contributed by atoms with Gasteiger partial charge in [-0.15, -0.1) is 0 Å². The summed E-state index contributed by atoms with van der Waals surface area (Å²) in [5, 5.41) is 12.2. The van der Waals surface area contributed by atoms with Gasteiger partial charge >= 0.3 is 0 Å². The van der Waals surface area contributed by atoms with E-state index in [0.29, 0.717) is 22.9 Å². The van der Waals surface area contributed by atoms with Gasteiger partial charge in [-0.05, 0) is 61.6 Å². The van der Waals surface area contributed by atoms with Crippen LogP contribution in [0, 0.1) is 17.2 Å². The van der Waals surface area contributed by atoms with Gasteiger partial charge in [-0.3, -0.25) is 4.79 Å². The number of nitriles is 1. The summed E-state index contributed by atoms with van der Waals surface area (Å²) in [5.74, 6) is -1.08. The van der Waals surface area contributed by atoms with Crippen molar-refractivity contribution < 1.29 is 17.9 Å². The Labute approximate surface area is 207 Å². The molecule has 0 aromatic heterocycles. The Kier molecular flexibility index (Phi) is 6.95. The van der Waals surface area contributed by atoms with Crippen molar-refractivity contribution in [1.29, 1.82) is 5.26 Å². The third-order valence-corrected chi connectivity index (χ3v) is 9.28. The van der Waals surface area contributed by atoms with Crippen molar-refractivity contribution >= 4 is 50.5 Å². The van der Waals surface area contributed by atoms with Crippen LogP contribution in [0.1, 0.15) is 31.2 Å². The second-order valence-corrected chi connectivity index (χ2v) is 12.0. The number of carbonyl (C=O) groups excluding carboxylic acids is 1. The van der Waals surface area contributed by atoms with Gasteiger partial charge in [0.1, 0.15) is 5.54 Å². The molecule has 10 heteroatoms. The Morgan fingerprint density at radius 3 is 2.36 bits per heavy atom. The lowest BCUT2D eigenvalue weighted by atomic mass is 10.0. The van der Waals surface area contributed by atoms with E-state index >= 15 is 0 Å². The molecule has 2 saturated carbocycles. The lowest BCUT2D eigenvalue weighted by Gasteiger charge is -2.21. The lowest BCUT2D eigenvalue weighted by molar-refractivity contribution is -0.130. The number of carbonyl (C=O) groups is 1. The molecule has 2 fully saturated rings. The second-order valence-electron chi connectivity index (χ2n) is 8.48. The van der Waals surface area contributed by atoms with Crippen molar-refractivity contribution in [2.45, 2.75) is 54.1 Å². The molecule has 1 unspecified atom stereocenters. The van der Waals surface area contributed by atoms with Crippen LogP contribution >= 0.6 is 34.8 Å². The van der Waals surface area contributed by atoms with Crippen LogP contribution in [0.15, 0.2) is 47.4 Å². The molecule has 3 atom stereocenters. The van der Waals surface area contributed by atoms with E-state index < -0.39 is 32.6 Å². The van der Waals surface area contributed by atoms with Gasteiger partial charge in [0.2, 0.25) is 5.91 Å². The minimum absolute atomic E-state index is 0.0215. The number of rotatable bonds is 7. The number of hydrogen-bond donors (Lipinski definition) is 1. The molecular weight excluding hydrogens is 507 g/mol. The highest BCUT2D eigenvalue weighted by atomic mass is 35.5. The van der Waals surface area contributed by atoms with E-state index in [1.54, 1.807) is 12.1 Å². The third-order valence-electron chi connectivity index (χ3n) is 6.14. The fourth-order valence-corrected chi connectivity index (χ4v) is 6.76. The zero-order valence-corrected chi connectivity index (χ0v) is 20.5. The minimum atomic E-state index is -3.84. The van der Waals surface area contributed by atoms with Gasteiger partial charge in [0, 0.05) is 10.0 Å². The maximum Gasteiger partial charge on any atom is 0.227 e. The van der Waals surface area contributed by atoms with Crippen molar-refractivity contribution in [2.75, 3.05) is 0 Å². The molecular formula is C23H21Cl3N2O4S. The number of nitrogens with zero attached hydrogens (tertiary/aromatic N) is 1. The Morgan fingerprint density at radius 1 is 1.09 bits per heavy atom.